The van der Waals surface area contributed by atoms with E-state index in [0.717, 1.165) is 41.9 Å². The van der Waals surface area contributed by atoms with E-state index in [4.69, 9.17) is 9.15 Å². The first kappa shape index (κ1) is 19.7. The van der Waals surface area contributed by atoms with Crippen LogP contribution in [0.5, 0.6) is 5.75 Å². The van der Waals surface area contributed by atoms with Gasteiger partial charge >= 0.3 is 5.63 Å². The van der Waals surface area contributed by atoms with Crippen molar-refractivity contribution in [3.05, 3.63) is 58.5 Å². The van der Waals surface area contributed by atoms with Crippen LogP contribution in [-0.2, 0) is 0 Å². The largest absolute Gasteiger partial charge is 0.492 e. The summed E-state index contributed by atoms with van der Waals surface area (Å²) in [5.41, 5.74) is 3.40. The molecule has 1 atom stereocenters. The van der Waals surface area contributed by atoms with Crippen molar-refractivity contribution in [2.24, 2.45) is 0 Å². The SMILES string of the molecule is Cc1cn2cc(-c3cc4ccc(OCCN5CC[C@@H](O)C5)cc4oc3=O)nc2c(C)n1. The second kappa shape index (κ2) is 7.79. The average Bonchev–Trinajstić information content (AvgIpc) is 3.33. The first-order valence-corrected chi connectivity index (χ1v) is 10.4. The monoisotopic (exact) mass is 420 g/mol. The van der Waals surface area contributed by atoms with E-state index >= 15 is 0 Å². The van der Waals surface area contributed by atoms with Crippen LogP contribution in [0, 0.1) is 13.8 Å². The number of imidazole rings is 1. The van der Waals surface area contributed by atoms with E-state index in [9.17, 15) is 9.90 Å². The van der Waals surface area contributed by atoms with Crippen molar-refractivity contribution >= 4 is 16.6 Å². The highest BCUT2D eigenvalue weighted by Crippen LogP contribution is 2.25. The van der Waals surface area contributed by atoms with E-state index in [1.807, 2.05) is 42.8 Å². The van der Waals surface area contributed by atoms with E-state index in [1.165, 1.54) is 0 Å². The summed E-state index contributed by atoms with van der Waals surface area (Å²) in [6.45, 7) is 6.66. The molecule has 1 aliphatic heterocycles. The zero-order valence-corrected chi connectivity index (χ0v) is 17.5. The van der Waals surface area contributed by atoms with Crippen molar-refractivity contribution in [2.75, 3.05) is 26.2 Å². The van der Waals surface area contributed by atoms with E-state index in [0.29, 0.717) is 35.7 Å². The van der Waals surface area contributed by atoms with Gasteiger partial charge in [-0.1, -0.05) is 0 Å². The fourth-order valence-corrected chi connectivity index (χ4v) is 4.10. The van der Waals surface area contributed by atoms with Gasteiger partial charge in [0.2, 0.25) is 0 Å². The lowest BCUT2D eigenvalue weighted by atomic mass is 10.1. The minimum atomic E-state index is -0.443. The quantitative estimate of drug-likeness (QED) is 0.496. The normalized spacial score (nSPS) is 17.1. The average molecular weight is 420 g/mol. The van der Waals surface area contributed by atoms with Gasteiger partial charge in [-0.05, 0) is 38.5 Å². The lowest BCUT2D eigenvalue weighted by Gasteiger charge is -2.15. The molecular formula is C23H24N4O4. The van der Waals surface area contributed by atoms with Crippen LogP contribution in [0.3, 0.4) is 0 Å². The van der Waals surface area contributed by atoms with Crippen molar-refractivity contribution in [3.63, 3.8) is 0 Å². The lowest BCUT2D eigenvalue weighted by molar-refractivity contribution is 0.167. The molecule has 5 rings (SSSR count). The molecule has 31 heavy (non-hydrogen) atoms. The molecule has 0 spiro atoms. The number of likely N-dealkylation sites (tertiary alicyclic amines) is 1. The summed E-state index contributed by atoms with van der Waals surface area (Å²) in [5.74, 6) is 0.646. The second-order valence-corrected chi connectivity index (χ2v) is 8.06. The molecule has 4 heterocycles. The molecule has 0 amide bonds. The molecule has 0 aliphatic carbocycles. The molecule has 3 aromatic heterocycles. The molecule has 0 saturated carbocycles. The molecule has 0 unspecified atom stereocenters. The van der Waals surface area contributed by atoms with Gasteiger partial charge in [0.15, 0.2) is 5.65 Å². The Morgan fingerprint density at radius 1 is 1.23 bits per heavy atom. The fourth-order valence-electron chi connectivity index (χ4n) is 4.10. The molecule has 1 fully saturated rings. The molecule has 1 saturated heterocycles. The lowest BCUT2D eigenvalue weighted by Crippen LogP contribution is -2.27. The van der Waals surface area contributed by atoms with Crippen LogP contribution in [-0.4, -0.2) is 56.7 Å². The summed E-state index contributed by atoms with van der Waals surface area (Å²) in [6, 6.07) is 7.28. The summed E-state index contributed by atoms with van der Waals surface area (Å²) in [5, 5.41) is 10.4. The van der Waals surface area contributed by atoms with Crippen molar-refractivity contribution in [1.29, 1.82) is 0 Å². The Kier molecular flexibility index (Phi) is 4.95. The number of ether oxygens (including phenoxy) is 1. The number of aliphatic hydroxyl groups excluding tert-OH is 1. The zero-order valence-electron chi connectivity index (χ0n) is 17.5. The van der Waals surface area contributed by atoms with Gasteiger partial charge in [-0.25, -0.2) is 9.78 Å². The zero-order chi connectivity index (χ0) is 21.5. The van der Waals surface area contributed by atoms with Crippen LogP contribution in [0.15, 0.2) is 45.9 Å². The van der Waals surface area contributed by atoms with Crippen molar-refractivity contribution in [3.8, 4) is 17.0 Å². The summed E-state index contributed by atoms with van der Waals surface area (Å²) in [4.78, 5) is 23.9. The van der Waals surface area contributed by atoms with Crippen LogP contribution >= 0.6 is 0 Å². The van der Waals surface area contributed by atoms with Crippen molar-refractivity contribution in [1.82, 2.24) is 19.3 Å². The van der Waals surface area contributed by atoms with Gasteiger partial charge in [0.1, 0.15) is 17.9 Å². The van der Waals surface area contributed by atoms with Gasteiger partial charge in [0, 0.05) is 43.5 Å². The standard InChI is InChI=1S/C23H24N4O4/c1-14-11-27-13-20(25-22(27)15(2)24-14)19-9-16-3-4-18(10-21(16)31-23(19)29)30-8-7-26-6-5-17(28)12-26/h3-4,9-11,13,17,28H,5-8,12H2,1-2H3/t17-/m1/s1. The highest BCUT2D eigenvalue weighted by molar-refractivity contribution is 5.82. The third-order valence-corrected chi connectivity index (χ3v) is 5.63. The van der Waals surface area contributed by atoms with Crippen LogP contribution in [0.2, 0.25) is 0 Å². The Morgan fingerprint density at radius 2 is 2.10 bits per heavy atom. The number of fused-ring (bicyclic) bond motifs is 2. The molecule has 4 aromatic rings. The number of rotatable bonds is 5. The molecule has 160 valence electrons. The van der Waals surface area contributed by atoms with Gasteiger partial charge in [0.05, 0.1) is 28.7 Å². The smallest absolute Gasteiger partial charge is 0.345 e. The Balaban J connectivity index is 1.39. The molecule has 1 N–H and O–H groups in total. The van der Waals surface area contributed by atoms with Gasteiger partial charge in [0.25, 0.3) is 0 Å². The number of aliphatic hydroxyl groups is 1. The van der Waals surface area contributed by atoms with Crippen molar-refractivity contribution in [2.45, 2.75) is 26.4 Å². The Bertz CT molecular complexity index is 1330. The molecule has 1 aliphatic rings. The molecule has 8 heteroatoms. The van der Waals surface area contributed by atoms with E-state index in [-0.39, 0.29) is 6.10 Å². The predicted molar refractivity (Wildman–Crippen MR) is 116 cm³/mol. The first-order valence-electron chi connectivity index (χ1n) is 10.4. The topological polar surface area (TPSA) is 93.1 Å². The third kappa shape index (κ3) is 3.92. The highest BCUT2D eigenvalue weighted by Gasteiger charge is 2.19. The number of benzene rings is 1. The number of β-amino-alcohol motifs (C(OH)–C–C–N with tert-alkyl or cyclic N) is 1. The maximum atomic E-state index is 12.7. The van der Waals surface area contributed by atoms with Gasteiger partial charge in [-0.15, -0.1) is 0 Å². The minimum Gasteiger partial charge on any atom is -0.492 e. The fraction of sp³-hybridized carbons (Fsp3) is 0.348. The number of hydrogen-bond acceptors (Lipinski definition) is 7. The number of nitrogens with zero attached hydrogens (tertiary/aromatic N) is 4. The summed E-state index contributed by atoms with van der Waals surface area (Å²) < 4.78 is 13.3. The number of hydrogen-bond donors (Lipinski definition) is 1. The molecule has 0 radical (unpaired) electrons. The Morgan fingerprint density at radius 3 is 2.90 bits per heavy atom. The van der Waals surface area contributed by atoms with Crippen LogP contribution in [0.1, 0.15) is 17.8 Å². The summed E-state index contributed by atoms with van der Waals surface area (Å²) >= 11 is 0. The van der Waals surface area contributed by atoms with Gasteiger partial charge < -0.3 is 18.7 Å². The number of aryl methyl sites for hydroxylation is 2. The second-order valence-electron chi connectivity index (χ2n) is 8.06. The van der Waals surface area contributed by atoms with Crippen LogP contribution in [0.25, 0.3) is 27.9 Å². The van der Waals surface area contributed by atoms with Crippen LogP contribution in [0.4, 0.5) is 0 Å². The summed E-state index contributed by atoms with van der Waals surface area (Å²) in [7, 11) is 0. The van der Waals surface area contributed by atoms with E-state index < -0.39 is 5.63 Å². The molecule has 0 bridgehead atoms. The highest BCUT2D eigenvalue weighted by atomic mass is 16.5. The van der Waals surface area contributed by atoms with E-state index in [1.54, 1.807) is 12.1 Å². The molecule has 1 aromatic carbocycles. The maximum absolute atomic E-state index is 12.7. The minimum absolute atomic E-state index is 0.235. The predicted octanol–water partition coefficient (Wildman–Crippen LogP) is 2.56. The third-order valence-electron chi connectivity index (χ3n) is 5.63. The Labute approximate surface area is 178 Å². The summed E-state index contributed by atoms with van der Waals surface area (Å²) in [6.07, 6.45) is 4.28. The van der Waals surface area contributed by atoms with Crippen LogP contribution < -0.4 is 10.4 Å². The van der Waals surface area contributed by atoms with Gasteiger partial charge in [-0.3, -0.25) is 9.88 Å². The number of aromatic nitrogens is 3. The van der Waals surface area contributed by atoms with E-state index in [2.05, 4.69) is 14.9 Å². The van der Waals surface area contributed by atoms with Crippen molar-refractivity contribution < 1.29 is 14.3 Å². The Hall–Kier alpha value is -3.23. The van der Waals surface area contributed by atoms with Gasteiger partial charge in [-0.2, -0.15) is 0 Å². The maximum Gasteiger partial charge on any atom is 0.345 e. The molecular weight excluding hydrogens is 396 g/mol. The first-order chi connectivity index (χ1) is 15.0. The molecule has 8 nitrogen and oxygen atoms in total.